The number of benzene rings is 1. The van der Waals surface area contributed by atoms with E-state index in [1.165, 1.54) is 6.07 Å². The fourth-order valence-electron chi connectivity index (χ4n) is 1.98. The minimum absolute atomic E-state index is 0.102. The number of carboxylic acids is 1. The maximum atomic E-state index is 12.9. The van der Waals surface area contributed by atoms with Crippen LogP contribution in [0.2, 0.25) is 0 Å². The highest BCUT2D eigenvalue weighted by molar-refractivity contribution is 5.90. The van der Waals surface area contributed by atoms with Crippen LogP contribution in [-0.4, -0.2) is 28.4 Å². The Balaban J connectivity index is 2.22. The Morgan fingerprint density at radius 2 is 2.18 bits per heavy atom. The van der Waals surface area contributed by atoms with E-state index < -0.39 is 24.0 Å². The molecular formula is C12H13FO4. The van der Waals surface area contributed by atoms with E-state index in [2.05, 4.69) is 0 Å². The summed E-state index contributed by atoms with van der Waals surface area (Å²) >= 11 is 0. The number of aromatic carboxylic acids is 1. The van der Waals surface area contributed by atoms with Crippen molar-refractivity contribution in [3.8, 4) is 5.75 Å². The van der Waals surface area contributed by atoms with Gasteiger partial charge in [-0.05, 0) is 37.5 Å². The van der Waals surface area contributed by atoms with Crippen molar-refractivity contribution in [2.45, 2.75) is 31.5 Å². The zero-order valence-corrected chi connectivity index (χ0v) is 9.10. The van der Waals surface area contributed by atoms with Gasteiger partial charge in [0.05, 0.1) is 6.10 Å². The molecule has 92 valence electrons. The van der Waals surface area contributed by atoms with Gasteiger partial charge >= 0.3 is 5.97 Å². The third-order valence-corrected chi connectivity index (χ3v) is 2.87. The Morgan fingerprint density at radius 3 is 2.76 bits per heavy atom. The summed E-state index contributed by atoms with van der Waals surface area (Å²) in [6.45, 7) is 0. The molecule has 1 aromatic carbocycles. The van der Waals surface area contributed by atoms with Gasteiger partial charge in [0.2, 0.25) is 0 Å². The quantitative estimate of drug-likeness (QED) is 0.845. The molecule has 1 fully saturated rings. The molecule has 0 aromatic heterocycles. The van der Waals surface area contributed by atoms with E-state index >= 15 is 0 Å². The number of aliphatic hydroxyl groups excluding tert-OH is 1. The van der Waals surface area contributed by atoms with Crippen molar-refractivity contribution < 1.29 is 24.1 Å². The van der Waals surface area contributed by atoms with Crippen LogP contribution in [0.4, 0.5) is 4.39 Å². The number of halogens is 1. The van der Waals surface area contributed by atoms with Crippen LogP contribution in [0.15, 0.2) is 18.2 Å². The minimum atomic E-state index is -1.24. The van der Waals surface area contributed by atoms with Gasteiger partial charge in [-0.15, -0.1) is 0 Å². The van der Waals surface area contributed by atoms with E-state index in [-0.39, 0.29) is 11.3 Å². The molecule has 17 heavy (non-hydrogen) atoms. The molecule has 4 nitrogen and oxygen atoms in total. The number of carboxylic acid groups (broad SMARTS) is 1. The summed E-state index contributed by atoms with van der Waals surface area (Å²) in [6, 6.07) is 3.34. The third-order valence-electron chi connectivity index (χ3n) is 2.87. The Morgan fingerprint density at radius 1 is 1.41 bits per heavy atom. The molecule has 0 heterocycles. The van der Waals surface area contributed by atoms with Crippen LogP contribution in [-0.2, 0) is 0 Å². The molecule has 2 unspecified atom stereocenters. The largest absolute Gasteiger partial charge is 0.487 e. The first-order chi connectivity index (χ1) is 8.08. The first kappa shape index (κ1) is 11.9. The van der Waals surface area contributed by atoms with E-state index in [9.17, 15) is 14.3 Å². The van der Waals surface area contributed by atoms with E-state index in [0.717, 1.165) is 18.6 Å². The van der Waals surface area contributed by atoms with Gasteiger partial charge in [0.15, 0.2) is 0 Å². The SMILES string of the molecule is O=C(O)c1cc(F)ccc1OC1CCCC1O. The molecular weight excluding hydrogens is 227 g/mol. The van der Waals surface area contributed by atoms with Crippen molar-refractivity contribution in [2.75, 3.05) is 0 Å². The van der Waals surface area contributed by atoms with Crippen LogP contribution in [0.25, 0.3) is 0 Å². The molecule has 1 aromatic rings. The van der Waals surface area contributed by atoms with Gasteiger partial charge in [0.25, 0.3) is 0 Å². The summed E-state index contributed by atoms with van der Waals surface area (Å²) in [4.78, 5) is 10.9. The zero-order valence-electron chi connectivity index (χ0n) is 9.10. The second-order valence-corrected chi connectivity index (χ2v) is 4.10. The van der Waals surface area contributed by atoms with Crippen LogP contribution in [0.3, 0.4) is 0 Å². The van der Waals surface area contributed by atoms with Crippen LogP contribution in [0.5, 0.6) is 5.75 Å². The molecule has 0 amide bonds. The number of hydrogen-bond acceptors (Lipinski definition) is 3. The van der Waals surface area contributed by atoms with E-state index in [1.54, 1.807) is 0 Å². The summed E-state index contributed by atoms with van der Waals surface area (Å²) in [5.41, 5.74) is -0.218. The van der Waals surface area contributed by atoms with Crippen LogP contribution in [0, 0.1) is 5.82 Å². The highest BCUT2D eigenvalue weighted by atomic mass is 19.1. The average molecular weight is 240 g/mol. The summed E-state index contributed by atoms with van der Waals surface area (Å²) in [5, 5.41) is 18.5. The minimum Gasteiger partial charge on any atom is -0.487 e. The van der Waals surface area contributed by atoms with Crippen molar-refractivity contribution >= 4 is 5.97 Å². The molecule has 0 aliphatic heterocycles. The lowest BCUT2D eigenvalue weighted by molar-refractivity contribution is 0.0559. The average Bonchev–Trinajstić information content (AvgIpc) is 2.67. The number of aliphatic hydroxyl groups is 1. The summed E-state index contributed by atoms with van der Waals surface area (Å²) in [5.74, 6) is -1.77. The Kier molecular flexibility index (Phi) is 3.28. The highest BCUT2D eigenvalue weighted by Gasteiger charge is 2.28. The van der Waals surface area contributed by atoms with Crippen molar-refractivity contribution in [1.82, 2.24) is 0 Å². The first-order valence-electron chi connectivity index (χ1n) is 5.45. The monoisotopic (exact) mass is 240 g/mol. The first-order valence-corrected chi connectivity index (χ1v) is 5.45. The fourth-order valence-corrected chi connectivity index (χ4v) is 1.98. The second-order valence-electron chi connectivity index (χ2n) is 4.10. The molecule has 2 atom stereocenters. The fraction of sp³-hybridized carbons (Fsp3) is 0.417. The van der Waals surface area contributed by atoms with Gasteiger partial charge in [-0.25, -0.2) is 9.18 Å². The van der Waals surface area contributed by atoms with Gasteiger partial charge in [-0.1, -0.05) is 0 Å². The summed E-state index contributed by atoms with van der Waals surface area (Å²) in [7, 11) is 0. The van der Waals surface area contributed by atoms with Gasteiger partial charge < -0.3 is 14.9 Å². The predicted octanol–water partition coefficient (Wildman–Crippen LogP) is 1.82. The topological polar surface area (TPSA) is 66.8 Å². The van der Waals surface area contributed by atoms with Gasteiger partial charge in [-0.3, -0.25) is 0 Å². The van der Waals surface area contributed by atoms with Crippen molar-refractivity contribution in [2.24, 2.45) is 0 Å². The molecule has 5 heteroatoms. The molecule has 1 saturated carbocycles. The standard InChI is InChI=1S/C12H13FO4/c13-7-4-5-10(8(6-7)12(15)16)17-11-3-1-2-9(11)14/h4-6,9,11,14H,1-3H2,(H,15,16). The number of hydrogen-bond donors (Lipinski definition) is 2. The van der Waals surface area contributed by atoms with E-state index in [4.69, 9.17) is 9.84 Å². The summed E-state index contributed by atoms with van der Waals surface area (Å²) in [6.07, 6.45) is 1.18. The maximum absolute atomic E-state index is 12.9. The van der Waals surface area contributed by atoms with Gasteiger partial charge in [0, 0.05) is 0 Å². The number of ether oxygens (including phenoxy) is 1. The van der Waals surface area contributed by atoms with Crippen molar-refractivity contribution in [1.29, 1.82) is 0 Å². The number of carbonyl (C=O) groups is 1. The van der Waals surface area contributed by atoms with Gasteiger partial charge in [-0.2, -0.15) is 0 Å². The second kappa shape index (κ2) is 4.71. The molecule has 0 bridgehead atoms. The molecule has 1 aliphatic rings. The molecule has 1 aliphatic carbocycles. The lowest BCUT2D eigenvalue weighted by Gasteiger charge is -2.18. The van der Waals surface area contributed by atoms with Gasteiger partial charge in [0.1, 0.15) is 23.2 Å². The smallest absolute Gasteiger partial charge is 0.339 e. The Hall–Kier alpha value is -1.62. The third kappa shape index (κ3) is 2.55. The molecule has 0 saturated heterocycles. The highest BCUT2D eigenvalue weighted by Crippen LogP contribution is 2.27. The van der Waals surface area contributed by atoms with Crippen LogP contribution >= 0.6 is 0 Å². The zero-order chi connectivity index (χ0) is 12.4. The Bertz CT molecular complexity index is 433. The normalized spacial score (nSPS) is 23.6. The maximum Gasteiger partial charge on any atom is 0.339 e. The van der Waals surface area contributed by atoms with E-state index in [0.29, 0.717) is 12.8 Å². The predicted molar refractivity (Wildman–Crippen MR) is 57.6 cm³/mol. The van der Waals surface area contributed by atoms with Crippen molar-refractivity contribution in [3.05, 3.63) is 29.6 Å². The Labute approximate surface area is 97.6 Å². The summed E-state index contributed by atoms with van der Waals surface area (Å²) < 4.78 is 18.4. The molecule has 2 N–H and O–H groups in total. The molecule has 0 spiro atoms. The van der Waals surface area contributed by atoms with Crippen LogP contribution in [0.1, 0.15) is 29.6 Å². The molecule has 2 rings (SSSR count). The van der Waals surface area contributed by atoms with Crippen LogP contribution < -0.4 is 4.74 Å². The van der Waals surface area contributed by atoms with E-state index in [1.807, 2.05) is 0 Å². The molecule has 0 radical (unpaired) electrons. The number of rotatable bonds is 3. The lowest BCUT2D eigenvalue weighted by atomic mass is 10.2. The lowest BCUT2D eigenvalue weighted by Crippen LogP contribution is -2.26. The van der Waals surface area contributed by atoms with Crippen molar-refractivity contribution in [3.63, 3.8) is 0 Å².